The number of hydrogen-bond donors (Lipinski definition) is 0. The second-order valence-corrected chi connectivity index (χ2v) is 5.07. The lowest BCUT2D eigenvalue weighted by molar-refractivity contribution is -0.0761. The van der Waals surface area contributed by atoms with Gasteiger partial charge in [-0.15, -0.1) is 11.3 Å². The molecule has 1 saturated heterocycles. The Labute approximate surface area is 85.7 Å². The summed E-state index contributed by atoms with van der Waals surface area (Å²) < 4.78 is 5.84. The van der Waals surface area contributed by atoms with E-state index in [4.69, 9.17) is 21.6 Å². The lowest BCUT2D eigenvalue weighted by atomic mass is 9.84. The average Bonchev–Trinajstić information content (AvgIpc) is 2.44. The van der Waals surface area contributed by atoms with Crippen LogP contribution < -0.4 is 0 Å². The Balaban J connectivity index is 2.09. The fourth-order valence-electron chi connectivity index (χ4n) is 1.33. The Morgan fingerprint density at radius 1 is 1.62 bits per heavy atom. The molecule has 1 aromatic rings. The van der Waals surface area contributed by atoms with Gasteiger partial charge in [0, 0.05) is 11.3 Å². The van der Waals surface area contributed by atoms with Gasteiger partial charge in [-0.05, 0) is 12.1 Å². The smallest absolute Gasteiger partial charge is 0.109 e. The van der Waals surface area contributed by atoms with Crippen LogP contribution in [-0.2, 0) is 11.2 Å². The second kappa shape index (κ2) is 3.30. The van der Waals surface area contributed by atoms with Crippen molar-refractivity contribution < 1.29 is 4.74 Å². The van der Waals surface area contributed by atoms with Crippen LogP contribution in [0.2, 0.25) is 4.34 Å². The fraction of sp³-hybridized carbons (Fsp3) is 0.444. The molecule has 1 aliphatic rings. The third kappa shape index (κ3) is 1.71. The summed E-state index contributed by atoms with van der Waals surface area (Å²) in [5.74, 6) is 0. The molecular weight excluding hydrogens is 206 g/mol. The first-order valence-electron chi connectivity index (χ1n) is 3.97. The zero-order valence-corrected chi connectivity index (χ0v) is 8.49. The van der Waals surface area contributed by atoms with Crippen molar-refractivity contribution >= 4 is 22.9 Å². The Morgan fingerprint density at radius 2 is 2.38 bits per heavy atom. The zero-order valence-electron chi connectivity index (χ0n) is 6.92. The van der Waals surface area contributed by atoms with Crippen molar-refractivity contribution in [1.82, 2.24) is 0 Å². The molecule has 1 aliphatic heterocycles. The number of nitriles is 1. The van der Waals surface area contributed by atoms with Crippen LogP contribution in [0.1, 0.15) is 4.88 Å². The molecular formula is C9H8ClNOS. The van der Waals surface area contributed by atoms with Gasteiger partial charge in [-0.1, -0.05) is 11.6 Å². The number of halogens is 1. The molecule has 2 heterocycles. The summed E-state index contributed by atoms with van der Waals surface area (Å²) >= 11 is 7.34. The number of hydrogen-bond acceptors (Lipinski definition) is 3. The van der Waals surface area contributed by atoms with Gasteiger partial charge in [0.2, 0.25) is 0 Å². The molecule has 0 radical (unpaired) electrons. The van der Waals surface area contributed by atoms with Gasteiger partial charge < -0.3 is 4.74 Å². The molecule has 68 valence electrons. The standard InChI is InChI=1S/C9H8ClNOS/c10-8-2-1-7(13-8)3-9(4-11)5-12-6-9/h1-2H,3,5-6H2. The van der Waals surface area contributed by atoms with Crippen molar-refractivity contribution in [1.29, 1.82) is 5.26 Å². The lowest BCUT2D eigenvalue weighted by Crippen LogP contribution is -2.42. The van der Waals surface area contributed by atoms with Crippen LogP contribution in [0.5, 0.6) is 0 Å². The summed E-state index contributed by atoms with van der Waals surface area (Å²) in [6.07, 6.45) is 0.765. The van der Waals surface area contributed by atoms with Crippen molar-refractivity contribution in [2.24, 2.45) is 5.41 Å². The van der Waals surface area contributed by atoms with Crippen LogP contribution in [0.25, 0.3) is 0 Å². The van der Waals surface area contributed by atoms with Crippen molar-refractivity contribution in [2.45, 2.75) is 6.42 Å². The molecule has 0 saturated carbocycles. The molecule has 1 aromatic heterocycles. The second-order valence-electron chi connectivity index (χ2n) is 3.27. The Hall–Kier alpha value is -0.560. The molecule has 0 spiro atoms. The number of nitrogens with zero attached hydrogens (tertiary/aromatic N) is 1. The molecule has 1 fully saturated rings. The van der Waals surface area contributed by atoms with E-state index in [2.05, 4.69) is 6.07 Å². The van der Waals surface area contributed by atoms with Crippen molar-refractivity contribution in [3.8, 4) is 6.07 Å². The van der Waals surface area contributed by atoms with E-state index in [1.165, 1.54) is 11.3 Å². The molecule has 0 bridgehead atoms. The van der Waals surface area contributed by atoms with E-state index in [1.807, 2.05) is 12.1 Å². The number of ether oxygens (including phenoxy) is 1. The van der Waals surface area contributed by atoms with Crippen LogP contribution in [-0.4, -0.2) is 13.2 Å². The fourth-order valence-corrected chi connectivity index (χ4v) is 2.57. The first-order valence-corrected chi connectivity index (χ1v) is 5.17. The van der Waals surface area contributed by atoms with Crippen molar-refractivity contribution in [2.75, 3.05) is 13.2 Å². The van der Waals surface area contributed by atoms with Crippen LogP contribution in [0, 0.1) is 16.7 Å². The lowest BCUT2D eigenvalue weighted by Gasteiger charge is -2.34. The highest BCUT2D eigenvalue weighted by Gasteiger charge is 2.39. The van der Waals surface area contributed by atoms with E-state index in [-0.39, 0.29) is 5.41 Å². The first-order chi connectivity index (χ1) is 6.24. The van der Waals surface area contributed by atoms with Crippen LogP contribution in [0.3, 0.4) is 0 Å². The minimum Gasteiger partial charge on any atom is -0.378 e. The van der Waals surface area contributed by atoms with E-state index < -0.39 is 0 Å². The molecule has 4 heteroatoms. The quantitative estimate of drug-likeness (QED) is 0.756. The van der Waals surface area contributed by atoms with E-state index in [1.54, 1.807) is 0 Å². The zero-order chi connectivity index (χ0) is 9.31. The van der Waals surface area contributed by atoms with E-state index in [0.29, 0.717) is 13.2 Å². The predicted octanol–water partition coefficient (Wildman–Crippen LogP) is 2.48. The first kappa shape index (κ1) is 9.01. The maximum atomic E-state index is 8.95. The largest absolute Gasteiger partial charge is 0.378 e. The highest BCUT2D eigenvalue weighted by Crippen LogP contribution is 2.34. The Bertz CT molecular complexity index is 351. The van der Waals surface area contributed by atoms with Gasteiger partial charge in [0.25, 0.3) is 0 Å². The average molecular weight is 214 g/mol. The molecule has 13 heavy (non-hydrogen) atoms. The van der Waals surface area contributed by atoms with E-state index >= 15 is 0 Å². The maximum Gasteiger partial charge on any atom is 0.109 e. The van der Waals surface area contributed by atoms with Gasteiger partial charge in [0.15, 0.2) is 0 Å². The summed E-state index contributed by atoms with van der Waals surface area (Å²) in [7, 11) is 0. The molecule has 0 N–H and O–H groups in total. The highest BCUT2D eigenvalue weighted by molar-refractivity contribution is 7.16. The highest BCUT2D eigenvalue weighted by atomic mass is 35.5. The maximum absolute atomic E-state index is 8.95. The molecule has 0 aromatic carbocycles. The molecule has 0 aliphatic carbocycles. The van der Waals surface area contributed by atoms with Crippen molar-refractivity contribution in [3.63, 3.8) is 0 Å². The Morgan fingerprint density at radius 3 is 2.77 bits per heavy atom. The molecule has 2 nitrogen and oxygen atoms in total. The SMILES string of the molecule is N#CC1(Cc2ccc(Cl)s2)COC1. The number of thiophene rings is 1. The van der Waals surface area contributed by atoms with Crippen LogP contribution in [0.15, 0.2) is 12.1 Å². The summed E-state index contributed by atoms with van der Waals surface area (Å²) in [5.41, 5.74) is -0.284. The number of rotatable bonds is 2. The van der Waals surface area contributed by atoms with Crippen LogP contribution >= 0.6 is 22.9 Å². The van der Waals surface area contributed by atoms with Gasteiger partial charge in [-0.2, -0.15) is 5.26 Å². The summed E-state index contributed by atoms with van der Waals surface area (Å²) in [4.78, 5) is 1.16. The molecule has 2 rings (SSSR count). The minimum atomic E-state index is -0.284. The van der Waals surface area contributed by atoms with Gasteiger partial charge in [-0.25, -0.2) is 0 Å². The molecule has 0 amide bonds. The summed E-state index contributed by atoms with van der Waals surface area (Å²) in [5, 5.41) is 8.95. The van der Waals surface area contributed by atoms with Gasteiger partial charge >= 0.3 is 0 Å². The van der Waals surface area contributed by atoms with Gasteiger partial charge in [0.1, 0.15) is 5.41 Å². The van der Waals surface area contributed by atoms with E-state index in [0.717, 1.165) is 15.6 Å². The molecule has 0 unspecified atom stereocenters. The monoisotopic (exact) mass is 213 g/mol. The third-order valence-corrected chi connectivity index (χ3v) is 3.37. The minimum absolute atomic E-state index is 0.284. The van der Waals surface area contributed by atoms with Gasteiger partial charge in [0.05, 0.1) is 23.6 Å². The third-order valence-electron chi connectivity index (χ3n) is 2.14. The van der Waals surface area contributed by atoms with Crippen molar-refractivity contribution in [3.05, 3.63) is 21.3 Å². The summed E-state index contributed by atoms with van der Waals surface area (Å²) in [6.45, 7) is 1.11. The molecule has 0 atom stereocenters. The van der Waals surface area contributed by atoms with Gasteiger partial charge in [-0.3, -0.25) is 0 Å². The summed E-state index contributed by atoms with van der Waals surface area (Å²) in [6, 6.07) is 6.16. The Kier molecular flexibility index (Phi) is 2.29. The predicted molar refractivity (Wildman–Crippen MR) is 51.9 cm³/mol. The van der Waals surface area contributed by atoms with E-state index in [9.17, 15) is 0 Å². The normalized spacial score (nSPS) is 19.1. The topological polar surface area (TPSA) is 33.0 Å². The van der Waals surface area contributed by atoms with Crippen LogP contribution in [0.4, 0.5) is 0 Å².